The molecule has 0 radical (unpaired) electrons. The quantitative estimate of drug-likeness (QED) is 0.196. The fraction of sp³-hybridized carbons (Fsp3) is 0. The summed E-state index contributed by atoms with van der Waals surface area (Å²) >= 11 is 0. The number of fused-ring (bicyclic) bond motifs is 2. The molecular weight excluding hydrogens is 556 g/mol. The van der Waals surface area contributed by atoms with Gasteiger partial charge in [-0.2, -0.15) is 0 Å². The Morgan fingerprint density at radius 1 is 0.304 bits per heavy atom. The third-order valence-electron chi connectivity index (χ3n) is 10.2. The predicted molar refractivity (Wildman–Crippen MR) is 195 cm³/mol. The van der Waals surface area contributed by atoms with Crippen LogP contribution < -0.4 is 0 Å². The molecule has 2 aromatic heterocycles. The van der Waals surface area contributed by atoms with Crippen molar-refractivity contribution in [3.8, 4) is 33.6 Å². The van der Waals surface area contributed by atoms with Gasteiger partial charge in [0, 0.05) is 38.3 Å². The molecular formula is C44H26N2. The first-order valence-corrected chi connectivity index (χ1v) is 16.0. The normalized spacial score (nSPS) is 12.3. The topological polar surface area (TPSA) is 9.86 Å². The average Bonchev–Trinajstić information content (AvgIpc) is 3.60. The molecule has 0 aliphatic heterocycles. The Kier molecular flexibility index (Phi) is 4.61. The lowest BCUT2D eigenvalue weighted by atomic mass is 9.93. The van der Waals surface area contributed by atoms with Crippen LogP contribution in [0.4, 0.5) is 0 Å². The van der Waals surface area contributed by atoms with Crippen molar-refractivity contribution in [3.63, 3.8) is 0 Å². The summed E-state index contributed by atoms with van der Waals surface area (Å²) in [7, 11) is 0. The third kappa shape index (κ3) is 3.01. The van der Waals surface area contributed by atoms with Gasteiger partial charge in [-0.05, 0) is 86.9 Å². The van der Waals surface area contributed by atoms with E-state index in [-0.39, 0.29) is 0 Å². The highest BCUT2D eigenvalue weighted by Crippen LogP contribution is 2.52. The van der Waals surface area contributed by atoms with Gasteiger partial charge in [-0.1, -0.05) is 109 Å². The molecule has 0 saturated carbocycles. The highest BCUT2D eigenvalue weighted by molar-refractivity contribution is 6.40. The number of hydrogen-bond donors (Lipinski definition) is 0. The Morgan fingerprint density at radius 3 is 1.65 bits per heavy atom. The average molecular weight is 583 g/mol. The lowest BCUT2D eigenvalue weighted by molar-refractivity contribution is 1.18. The van der Waals surface area contributed by atoms with E-state index in [1.165, 1.54) is 98.8 Å². The molecule has 0 saturated heterocycles. The van der Waals surface area contributed by atoms with Crippen LogP contribution in [0.3, 0.4) is 0 Å². The van der Waals surface area contributed by atoms with E-state index in [0.29, 0.717) is 0 Å². The summed E-state index contributed by atoms with van der Waals surface area (Å²) < 4.78 is 4.96. The summed E-state index contributed by atoms with van der Waals surface area (Å²) in [4.78, 5) is 0. The molecule has 2 heterocycles. The fourth-order valence-corrected chi connectivity index (χ4v) is 8.35. The van der Waals surface area contributed by atoms with Crippen LogP contribution in [-0.4, -0.2) is 9.13 Å². The smallest absolute Gasteiger partial charge is 0.0554 e. The van der Waals surface area contributed by atoms with Gasteiger partial charge in [-0.25, -0.2) is 0 Å². The Morgan fingerprint density at radius 2 is 0.913 bits per heavy atom. The number of hydrogen-bond acceptors (Lipinski definition) is 0. The first-order valence-electron chi connectivity index (χ1n) is 16.0. The molecule has 0 amide bonds. The van der Waals surface area contributed by atoms with E-state index >= 15 is 0 Å². The molecule has 212 valence electrons. The zero-order valence-corrected chi connectivity index (χ0v) is 24.9. The van der Waals surface area contributed by atoms with Crippen molar-refractivity contribution in [2.24, 2.45) is 0 Å². The second kappa shape index (κ2) is 8.74. The second-order valence-corrected chi connectivity index (χ2v) is 12.5. The van der Waals surface area contributed by atoms with Crippen LogP contribution in [0.15, 0.2) is 158 Å². The molecule has 2 nitrogen and oxygen atoms in total. The lowest BCUT2D eigenvalue weighted by Gasteiger charge is -2.14. The maximum Gasteiger partial charge on any atom is 0.0554 e. The maximum absolute atomic E-state index is 2.50. The van der Waals surface area contributed by atoms with Crippen LogP contribution >= 0.6 is 0 Å². The van der Waals surface area contributed by atoms with Crippen molar-refractivity contribution < 1.29 is 0 Å². The molecule has 0 unspecified atom stereocenters. The number of aromatic nitrogens is 2. The number of benzene rings is 8. The van der Waals surface area contributed by atoms with Crippen LogP contribution in [0.1, 0.15) is 0 Å². The second-order valence-electron chi connectivity index (χ2n) is 12.5. The largest absolute Gasteiger partial charge is 0.309 e. The molecule has 0 bridgehead atoms. The van der Waals surface area contributed by atoms with E-state index in [1.54, 1.807) is 0 Å². The van der Waals surface area contributed by atoms with Gasteiger partial charge in [0.2, 0.25) is 0 Å². The van der Waals surface area contributed by atoms with Crippen molar-refractivity contribution in [3.05, 3.63) is 158 Å². The van der Waals surface area contributed by atoms with Crippen LogP contribution in [0, 0.1) is 0 Å². The Hall–Kier alpha value is -6.12. The van der Waals surface area contributed by atoms with E-state index in [0.717, 1.165) is 0 Å². The third-order valence-corrected chi connectivity index (χ3v) is 10.2. The van der Waals surface area contributed by atoms with Gasteiger partial charge in [-0.15, -0.1) is 0 Å². The summed E-state index contributed by atoms with van der Waals surface area (Å²) in [5, 5.41) is 10.5. The van der Waals surface area contributed by atoms with E-state index < -0.39 is 0 Å². The molecule has 8 aromatic carbocycles. The monoisotopic (exact) mass is 582 g/mol. The molecule has 0 N–H and O–H groups in total. The van der Waals surface area contributed by atoms with Crippen molar-refractivity contribution in [1.29, 1.82) is 0 Å². The first-order chi connectivity index (χ1) is 22.8. The Labute approximate surface area is 265 Å². The molecule has 0 fully saturated rings. The number of para-hydroxylation sites is 1. The van der Waals surface area contributed by atoms with E-state index in [2.05, 4.69) is 167 Å². The standard InChI is InChI=1S/C44H26N2/c1-3-12-28(13-4-1)35-26-39-44-41-33(18-10-20-37(41)46(39)31-22-21-27-11-7-8-14-29(27)25-31)32-17-9-19-36-40(32)43-38(24-23-34(35)42(43)44)45(36)30-15-5-2-6-16-30/h1-26H. The highest BCUT2D eigenvalue weighted by Gasteiger charge is 2.28. The van der Waals surface area contributed by atoms with Gasteiger partial charge < -0.3 is 9.13 Å². The summed E-state index contributed by atoms with van der Waals surface area (Å²) in [6, 6.07) is 58.1. The maximum atomic E-state index is 2.50. The van der Waals surface area contributed by atoms with Crippen molar-refractivity contribution in [2.75, 3.05) is 0 Å². The summed E-state index contributed by atoms with van der Waals surface area (Å²) in [6.07, 6.45) is 0. The molecule has 10 aromatic rings. The Bertz CT molecular complexity index is 2890. The SMILES string of the molecule is c1ccc(-c2cc3c4c5c(cccc5n3-c3ccc5ccccc5c3)-c3cccc5c3c3c4c2ccc3n5-c2ccccc2)cc1. The fourth-order valence-electron chi connectivity index (χ4n) is 8.35. The van der Waals surface area contributed by atoms with E-state index in [9.17, 15) is 0 Å². The number of nitrogens with zero attached hydrogens (tertiary/aromatic N) is 2. The minimum Gasteiger partial charge on any atom is -0.309 e. The molecule has 1 aliphatic carbocycles. The zero-order valence-electron chi connectivity index (χ0n) is 24.9. The first kappa shape index (κ1) is 24.2. The van der Waals surface area contributed by atoms with Crippen LogP contribution in [0.5, 0.6) is 0 Å². The zero-order chi connectivity index (χ0) is 29.9. The van der Waals surface area contributed by atoms with Gasteiger partial charge in [0.1, 0.15) is 0 Å². The van der Waals surface area contributed by atoms with Gasteiger partial charge >= 0.3 is 0 Å². The highest BCUT2D eigenvalue weighted by atomic mass is 15.0. The van der Waals surface area contributed by atoms with Crippen LogP contribution in [0.2, 0.25) is 0 Å². The molecule has 46 heavy (non-hydrogen) atoms. The van der Waals surface area contributed by atoms with Crippen molar-refractivity contribution >= 4 is 65.2 Å². The van der Waals surface area contributed by atoms with Crippen molar-refractivity contribution in [1.82, 2.24) is 9.13 Å². The summed E-state index contributed by atoms with van der Waals surface area (Å²) in [6.45, 7) is 0. The lowest BCUT2D eigenvalue weighted by Crippen LogP contribution is -1.95. The van der Waals surface area contributed by atoms with Crippen molar-refractivity contribution in [2.45, 2.75) is 0 Å². The van der Waals surface area contributed by atoms with Crippen LogP contribution in [-0.2, 0) is 0 Å². The van der Waals surface area contributed by atoms with Crippen LogP contribution in [0.25, 0.3) is 98.8 Å². The molecule has 0 atom stereocenters. The molecule has 2 heteroatoms. The minimum absolute atomic E-state index is 1.18. The van der Waals surface area contributed by atoms with Gasteiger partial charge in [-0.3, -0.25) is 0 Å². The molecule has 1 aliphatic rings. The minimum atomic E-state index is 1.18. The van der Waals surface area contributed by atoms with Gasteiger partial charge in [0.05, 0.1) is 22.1 Å². The van der Waals surface area contributed by atoms with Gasteiger partial charge in [0.15, 0.2) is 0 Å². The molecule has 0 spiro atoms. The number of rotatable bonds is 3. The summed E-state index contributed by atoms with van der Waals surface area (Å²) in [5.74, 6) is 0. The molecule has 11 rings (SSSR count). The van der Waals surface area contributed by atoms with E-state index in [1.807, 2.05) is 0 Å². The Balaban J connectivity index is 1.43. The van der Waals surface area contributed by atoms with E-state index in [4.69, 9.17) is 0 Å². The van der Waals surface area contributed by atoms with Gasteiger partial charge in [0.25, 0.3) is 0 Å². The summed E-state index contributed by atoms with van der Waals surface area (Å²) in [5.41, 5.74) is 12.4. The predicted octanol–water partition coefficient (Wildman–Crippen LogP) is 11.8.